The van der Waals surface area contributed by atoms with Crippen molar-refractivity contribution in [3.05, 3.63) is 29.8 Å². The minimum Gasteiger partial charge on any atom is -0.383 e. The van der Waals surface area contributed by atoms with Gasteiger partial charge in [-0.2, -0.15) is 0 Å². The maximum atomic E-state index is 12.2. The van der Waals surface area contributed by atoms with E-state index < -0.39 is 0 Å². The number of carbonyl (C=O) groups is 1. The van der Waals surface area contributed by atoms with Crippen molar-refractivity contribution in [2.24, 2.45) is 5.92 Å². The molecule has 1 amide bonds. The zero-order valence-corrected chi connectivity index (χ0v) is 11.0. The number of anilines is 1. The number of hydrogen-bond donors (Lipinski definition) is 2. The number of ether oxygens (including phenoxy) is 1. The van der Waals surface area contributed by atoms with Gasteiger partial charge < -0.3 is 15.4 Å². The number of nitrogens with one attached hydrogen (secondary N) is 2. The summed E-state index contributed by atoms with van der Waals surface area (Å²) >= 11 is 0. The van der Waals surface area contributed by atoms with Crippen molar-refractivity contribution in [1.82, 2.24) is 5.32 Å². The second-order valence-corrected chi connectivity index (χ2v) is 5.36. The van der Waals surface area contributed by atoms with Crippen molar-refractivity contribution in [1.29, 1.82) is 0 Å². The molecule has 0 spiro atoms. The Morgan fingerprint density at radius 2 is 2.26 bits per heavy atom. The van der Waals surface area contributed by atoms with Crippen molar-refractivity contribution < 1.29 is 9.53 Å². The molecule has 1 aromatic rings. The number of benzene rings is 1. The topological polar surface area (TPSA) is 50.4 Å². The Morgan fingerprint density at radius 3 is 3.11 bits per heavy atom. The van der Waals surface area contributed by atoms with Gasteiger partial charge >= 0.3 is 0 Å². The molecule has 2 N–H and O–H groups in total. The molecule has 19 heavy (non-hydrogen) atoms. The molecular formula is C15H20N2O2. The number of amides is 1. The summed E-state index contributed by atoms with van der Waals surface area (Å²) in [6.07, 6.45) is 2.84. The van der Waals surface area contributed by atoms with Crippen molar-refractivity contribution in [3.8, 4) is 0 Å². The molecule has 2 atom stereocenters. The molecule has 1 fully saturated rings. The highest BCUT2D eigenvalue weighted by Gasteiger charge is 2.25. The first-order chi connectivity index (χ1) is 9.33. The van der Waals surface area contributed by atoms with Crippen LogP contribution in [0.3, 0.4) is 0 Å². The van der Waals surface area contributed by atoms with E-state index in [9.17, 15) is 4.79 Å². The van der Waals surface area contributed by atoms with Gasteiger partial charge in [-0.25, -0.2) is 0 Å². The third kappa shape index (κ3) is 2.89. The summed E-state index contributed by atoms with van der Waals surface area (Å²) in [5.41, 5.74) is 2.47. The first-order valence-electron chi connectivity index (χ1n) is 7.03. The van der Waals surface area contributed by atoms with Gasteiger partial charge in [-0.3, -0.25) is 4.79 Å². The molecule has 1 saturated heterocycles. The smallest absolute Gasteiger partial charge is 0.225 e. The molecule has 0 aromatic heterocycles. The van der Waals surface area contributed by atoms with Crippen molar-refractivity contribution in [2.45, 2.75) is 25.3 Å². The van der Waals surface area contributed by atoms with E-state index in [2.05, 4.69) is 22.8 Å². The Kier molecular flexibility index (Phi) is 3.69. The van der Waals surface area contributed by atoms with E-state index in [0.717, 1.165) is 32.4 Å². The Morgan fingerprint density at radius 1 is 1.37 bits per heavy atom. The molecule has 3 rings (SSSR count). The van der Waals surface area contributed by atoms with E-state index >= 15 is 0 Å². The zero-order chi connectivity index (χ0) is 13.1. The van der Waals surface area contributed by atoms with Gasteiger partial charge in [0.15, 0.2) is 0 Å². The zero-order valence-electron chi connectivity index (χ0n) is 11.0. The lowest BCUT2D eigenvalue weighted by molar-refractivity contribution is -0.129. The molecule has 2 heterocycles. The van der Waals surface area contributed by atoms with E-state index in [1.165, 1.54) is 11.3 Å². The van der Waals surface area contributed by atoms with Gasteiger partial charge in [0.25, 0.3) is 0 Å². The average molecular weight is 260 g/mol. The fraction of sp³-hybridized carbons (Fsp3) is 0.533. The van der Waals surface area contributed by atoms with Crippen LogP contribution < -0.4 is 10.6 Å². The molecule has 2 unspecified atom stereocenters. The summed E-state index contributed by atoms with van der Waals surface area (Å²) in [5.74, 6) is 0.178. The predicted octanol–water partition coefficient (Wildman–Crippen LogP) is 1.57. The Labute approximate surface area is 113 Å². The molecule has 0 bridgehead atoms. The van der Waals surface area contributed by atoms with E-state index in [4.69, 9.17) is 4.74 Å². The molecular weight excluding hydrogens is 240 g/mol. The predicted molar refractivity (Wildman–Crippen MR) is 74.1 cm³/mol. The summed E-state index contributed by atoms with van der Waals surface area (Å²) < 4.78 is 5.37. The van der Waals surface area contributed by atoms with Gasteiger partial charge in [0.2, 0.25) is 5.91 Å². The number of para-hydroxylation sites is 1. The van der Waals surface area contributed by atoms with Gasteiger partial charge in [0.05, 0.1) is 18.6 Å². The molecule has 2 aliphatic rings. The minimum absolute atomic E-state index is 0.0333. The SMILES string of the molecule is O=C(NC1CNc2ccccc2C1)C1CCCOC1. The molecule has 1 aromatic carbocycles. The summed E-state index contributed by atoms with van der Waals surface area (Å²) in [6, 6.07) is 8.46. The van der Waals surface area contributed by atoms with Crippen molar-refractivity contribution in [3.63, 3.8) is 0 Å². The Bertz CT molecular complexity index is 455. The van der Waals surface area contributed by atoms with Gasteiger partial charge in [-0.1, -0.05) is 18.2 Å². The molecule has 0 saturated carbocycles. The van der Waals surface area contributed by atoms with Gasteiger partial charge in [-0.15, -0.1) is 0 Å². The summed E-state index contributed by atoms with van der Waals surface area (Å²) in [4.78, 5) is 12.2. The normalized spacial score (nSPS) is 26.1. The third-order valence-corrected chi connectivity index (χ3v) is 3.90. The first-order valence-corrected chi connectivity index (χ1v) is 7.03. The third-order valence-electron chi connectivity index (χ3n) is 3.90. The number of fused-ring (bicyclic) bond motifs is 1. The van der Waals surface area contributed by atoms with Gasteiger partial charge in [-0.05, 0) is 30.9 Å². The molecule has 4 nitrogen and oxygen atoms in total. The van der Waals surface area contributed by atoms with E-state index in [0.29, 0.717) is 6.61 Å². The van der Waals surface area contributed by atoms with Crippen LogP contribution >= 0.6 is 0 Å². The lowest BCUT2D eigenvalue weighted by atomic mass is 9.97. The van der Waals surface area contributed by atoms with Crippen LogP contribution in [0, 0.1) is 5.92 Å². The molecule has 102 valence electrons. The second kappa shape index (κ2) is 5.61. The van der Waals surface area contributed by atoms with Gasteiger partial charge in [0, 0.05) is 18.8 Å². The lowest BCUT2D eigenvalue weighted by Gasteiger charge is -2.29. The summed E-state index contributed by atoms with van der Waals surface area (Å²) in [5, 5.41) is 6.52. The van der Waals surface area contributed by atoms with Crippen LogP contribution in [0.15, 0.2) is 24.3 Å². The first kappa shape index (κ1) is 12.5. The molecule has 0 radical (unpaired) electrons. The van der Waals surface area contributed by atoms with Crippen molar-refractivity contribution in [2.75, 3.05) is 25.1 Å². The Balaban J connectivity index is 1.58. The van der Waals surface area contributed by atoms with E-state index in [1.807, 2.05) is 12.1 Å². The van der Waals surface area contributed by atoms with Crippen LogP contribution in [0.2, 0.25) is 0 Å². The highest BCUT2D eigenvalue weighted by atomic mass is 16.5. The average Bonchev–Trinajstić information content (AvgIpc) is 2.48. The van der Waals surface area contributed by atoms with Crippen LogP contribution in [-0.4, -0.2) is 31.7 Å². The summed E-state index contributed by atoms with van der Waals surface area (Å²) in [6.45, 7) is 2.17. The monoisotopic (exact) mass is 260 g/mol. The maximum absolute atomic E-state index is 12.2. The number of hydrogen-bond acceptors (Lipinski definition) is 3. The van der Waals surface area contributed by atoms with Crippen LogP contribution in [0.1, 0.15) is 18.4 Å². The van der Waals surface area contributed by atoms with Crippen LogP contribution in [-0.2, 0) is 16.0 Å². The number of rotatable bonds is 2. The lowest BCUT2D eigenvalue weighted by Crippen LogP contribution is -2.47. The quantitative estimate of drug-likeness (QED) is 0.848. The highest BCUT2D eigenvalue weighted by molar-refractivity contribution is 5.79. The Hall–Kier alpha value is -1.55. The van der Waals surface area contributed by atoms with Crippen molar-refractivity contribution >= 4 is 11.6 Å². The van der Waals surface area contributed by atoms with E-state index in [-0.39, 0.29) is 17.9 Å². The van der Waals surface area contributed by atoms with Gasteiger partial charge in [0.1, 0.15) is 0 Å². The van der Waals surface area contributed by atoms with E-state index in [1.54, 1.807) is 0 Å². The summed E-state index contributed by atoms with van der Waals surface area (Å²) in [7, 11) is 0. The largest absolute Gasteiger partial charge is 0.383 e. The van der Waals surface area contributed by atoms with Crippen LogP contribution in [0.5, 0.6) is 0 Å². The number of carbonyl (C=O) groups excluding carboxylic acids is 1. The molecule has 0 aliphatic carbocycles. The van der Waals surface area contributed by atoms with Crippen LogP contribution in [0.4, 0.5) is 5.69 Å². The fourth-order valence-corrected chi connectivity index (χ4v) is 2.81. The van der Waals surface area contributed by atoms with Crippen LogP contribution in [0.25, 0.3) is 0 Å². The molecule has 2 aliphatic heterocycles. The second-order valence-electron chi connectivity index (χ2n) is 5.36. The highest BCUT2D eigenvalue weighted by Crippen LogP contribution is 2.21. The standard InChI is InChI=1S/C15H20N2O2/c18-15(12-5-3-7-19-10-12)17-13-8-11-4-1-2-6-14(11)16-9-13/h1-2,4,6,12-13,16H,3,5,7-10H2,(H,17,18). The fourth-order valence-electron chi connectivity index (χ4n) is 2.81. The maximum Gasteiger partial charge on any atom is 0.225 e. The molecule has 4 heteroatoms. The minimum atomic E-state index is 0.0333.